The lowest BCUT2D eigenvalue weighted by Crippen LogP contribution is -2.04. The van der Waals surface area contributed by atoms with Crippen LogP contribution in [-0.2, 0) is 26.4 Å². The van der Waals surface area contributed by atoms with E-state index < -0.39 is 0 Å². The van der Waals surface area contributed by atoms with Crippen LogP contribution >= 0.6 is 0 Å². The zero-order valence-corrected chi connectivity index (χ0v) is 10.1. The molecule has 1 aromatic carbocycles. The summed E-state index contributed by atoms with van der Waals surface area (Å²) in [6.45, 7) is 0.531. The van der Waals surface area contributed by atoms with Crippen molar-refractivity contribution in [3.05, 3.63) is 41.3 Å². The molecule has 0 spiro atoms. The molecule has 1 aromatic heterocycles. The molecule has 0 atom stereocenters. The first-order chi connectivity index (χ1) is 8.29. The maximum Gasteiger partial charge on any atom is 0.0953 e. The predicted octanol–water partition coefficient (Wildman–Crippen LogP) is 2.03. The van der Waals surface area contributed by atoms with Crippen molar-refractivity contribution in [1.29, 1.82) is 0 Å². The number of benzene rings is 1. The fourth-order valence-electron chi connectivity index (χ4n) is 2.66. The third-order valence-electron chi connectivity index (χ3n) is 3.62. The predicted molar refractivity (Wildman–Crippen MR) is 68.6 cm³/mol. The Hall–Kier alpha value is -1.61. The minimum atomic E-state index is 0.531. The second kappa shape index (κ2) is 4.00. The monoisotopic (exact) mass is 227 g/mol. The maximum absolute atomic E-state index is 5.79. The van der Waals surface area contributed by atoms with Gasteiger partial charge in [0.05, 0.1) is 17.7 Å². The summed E-state index contributed by atoms with van der Waals surface area (Å²) in [5.41, 5.74) is 12.1. The van der Waals surface area contributed by atoms with Gasteiger partial charge in [-0.3, -0.25) is 0 Å². The van der Waals surface area contributed by atoms with Crippen LogP contribution in [0.2, 0.25) is 0 Å². The van der Waals surface area contributed by atoms with E-state index in [4.69, 9.17) is 5.73 Å². The van der Waals surface area contributed by atoms with Crippen LogP contribution in [0, 0.1) is 0 Å². The molecular weight excluding hydrogens is 210 g/mol. The van der Waals surface area contributed by atoms with Crippen molar-refractivity contribution in [1.82, 2.24) is 9.55 Å². The number of hydrogen-bond donors (Lipinski definition) is 1. The van der Waals surface area contributed by atoms with Crippen molar-refractivity contribution in [2.24, 2.45) is 12.8 Å². The van der Waals surface area contributed by atoms with Crippen LogP contribution in [0.4, 0.5) is 0 Å². The topological polar surface area (TPSA) is 43.8 Å². The van der Waals surface area contributed by atoms with Gasteiger partial charge >= 0.3 is 0 Å². The molecule has 1 aliphatic carbocycles. The van der Waals surface area contributed by atoms with Crippen LogP contribution in [-0.4, -0.2) is 9.55 Å². The average Bonchev–Trinajstić information content (AvgIpc) is 2.93. The molecule has 3 nitrogen and oxygen atoms in total. The van der Waals surface area contributed by atoms with Crippen molar-refractivity contribution in [3.8, 4) is 11.3 Å². The molecule has 1 heterocycles. The lowest BCUT2D eigenvalue weighted by Gasteiger charge is -2.06. The van der Waals surface area contributed by atoms with Crippen LogP contribution in [0.3, 0.4) is 0 Å². The van der Waals surface area contributed by atoms with Crippen LogP contribution in [0.25, 0.3) is 11.3 Å². The van der Waals surface area contributed by atoms with E-state index in [1.807, 2.05) is 17.9 Å². The van der Waals surface area contributed by atoms with E-state index in [1.165, 1.54) is 36.0 Å². The van der Waals surface area contributed by atoms with Gasteiger partial charge in [0.2, 0.25) is 0 Å². The summed E-state index contributed by atoms with van der Waals surface area (Å²) in [6, 6.07) is 6.70. The largest absolute Gasteiger partial charge is 0.336 e. The molecule has 17 heavy (non-hydrogen) atoms. The van der Waals surface area contributed by atoms with Gasteiger partial charge in [0.25, 0.3) is 0 Å². The molecular formula is C14H17N3. The Kier molecular flexibility index (Phi) is 2.48. The molecule has 0 unspecified atom stereocenters. The Balaban J connectivity index is 2.09. The number of rotatable bonds is 2. The van der Waals surface area contributed by atoms with Gasteiger partial charge in [0.1, 0.15) is 0 Å². The third kappa shape index (κ3) is 1.67. The lowest BCUT2D eigenvalue weighted by molar-refractivity contribution is 0.821. The molecule has 3 rings (SSSR count). The van der Waals surface area contributed by atoms with E-state index in [2.05, 4.69) is 23.2 Å². The summed E-state index contributed by atoms with van der Waals surface area (Å²) in [5, 5.41) is 0. The summed E-state index contributed by atoms with van der Waals surface area (Å²) in [4.78, 5) is 4.47. The Labute approximate surface area is 101 Å². The molecule has 0 radical (unpaired) electrons. The van der Waals surface area contributed by atoms with Gasteiger partial charge in [-0.1, -0.05) is 12.1 Å². The first kappa shape index (κ1) is 10.5. The molecule has 0 fully saturated rings. The van der Waals surface area contributed by atoms with E-state index in [0.29, 0.717) is 6.54 Å². The van der Waals surface area contributed by atoms with Crippen molar-refractivity contribution in [2.75, 3.05) is 0 Å². The third-order valence-corrected chi connectivity index (χ3v) is 3.62. The first-order valence-electron chi connectivity index (χ1n) is 6.12. The molecule has 0 saturated carbocycles. The summed E-state index contributed by atoms with van der Waals surface area (Å²) in [7, 11) is 1.99. The number of hydrogen-bond acceptors (Lipinski definition) is 2. The van der Waals surface area contributed by atoms with Gasteiger partial charge in [-0.25, -0.2) is 4.98 Å². The number of imidazole rings is 1. The summed E-state index contributed by atoms with van der Waals surface area (Å²) < 4.78 is 2.00. The normalized spacial score (nSPS) is 14.0. The average molecular weight is 227 g/mol. The van der Waals surface area contributed by atoms with Crippen LogP contribution in [0.5, 0.6) is 0 Å². The van der Waals surface area contributed by atoms with Crippen molar-refractivity contribution < 1.29 is 0 Å². The van der Waals surface area contributed by atoms with E-state index in [9.17, 15) is 0 Å². The Morgan fingerprint density at radius 2 is 2.12 bits per heavy atom. The minimum Gasteiger partial charge on any atom is -0.336 e. The summed E-state index contributed by atoms with van der Waals surface area (Å²) in [6.07, 6.45) is 5.55. The highest BCUT2D eigenvalue weighted by molar-refractivity contribution is 5.64. The van der Waals surface area contributed by atoms with E-state index in [1.54, 1.807) is 0 Å². The van der Waals surface area contributed by atoms with Crippen LogP contribution in [0.1, 0.15) is 23.2 Å². The minimum absolute atomic E-state index is 0.531. The fourth-order valence-corrected chi connectivity index (χ4v) is 2.66. The van der Waals surface area contributed by atoms with Crippen molar-refractivity contribution in [2.45, 2.75) is 25.8 Å². The molecule has 1 aliphatic rings. The van der Waals surface area contributed by atoms with E-state index in [-0.39, 0.29) is 0 Å². The maximum atomic E-state index is 5.79. The number of aryl methyl sites for hydroxylation is 3. The highest BCUT2D eigenvalue weighted by Crippen LogP contribution is 2.28. The zero-order valence-electron chi connectivity index (χ0n) is 10.1. The summed E-state index contributed by atoms with van der Waals surface area (Å²) >= 11 is 0. The molecule has 0 saturated heterocycles. The molecule has 0 amide bonds. The SMILES string of the molecule is Cn1cnc(-c2ccc3c(c2)CCC3)c1CN. The second-order valence-corrected chi connectivity index (χ2v) is 4.69. The zero-order chi connectivity index (χ0) is 11.8. The van der Waals surface area contributed by atoms with Crippen molar-refractivity contribution >= 4 is 0 Å². The Bertz CT molecular complexity index is 555. The highest BCUT2D eigenvalue weighted by Gasteiger charge is 2.14. The van der Waals surface area contributed by atoms with Gasteiger partial charge in [0, 0.05) is 19.2 Å². The van der Waals surface area contributed by atoms with E-state index >= 15 is 0 Å². The van der Waals surface area contributed by atoms with Crippen LogP contribution < -0.4 is 5.73 Å². The standard InChI is InChI=1S/C14H17N3/c1-17-9-16-14(13(17)8-15)12-6-5-10-3-2-4-11(10)7-12/h5-7,9H,2-4,8,15H2,1H3. The van der Waals surface area contributed by atoms with Gasteiger partial charge in [-0.05, 0) is 36.5 Å². The number of fused-ring (bicyclic) bond motifs is 1. The molecule has 0 aliphatic heterocycles. The summed E-state index contributed by atoms with van der Waals surface area (Å²) in [5.74, 6) is 0. The number of nitrogens with two attached hydrogens (primary N) is 1. The quantitative estimate of drug-likeness (QED) is 0.853. The molecule has 88 valence electrons. The van der Waals surface area contributed by atoms with Crippen molar-refractivity contribution in [3.63, 3.8) is 0 Å². The molecule has 2 N–H and O–H groups in total. The lowest BCUT2D eigenvalue weighted by atomic mass is 10.0. The number of aromatic nitrogens is 2. The Morgan fingerprint density at radius 3 is 2.94 bits per heavy atom. The first-order valence-corrected chi connectivity index (χ1v) is 6.12. The Morgan fingerprint density at radius 1 is 1.29 bits per heavy atom. The molecule has 3 heteroatoms. The second-order valence-electron chi connectivity index (χ2n) is 4.69. The molecule has 2 aromatic rings. The molecule has 0 bridgehead atoms. The fraction of sp³-hybridized carbons (Fsp3) is 0.357. The van der Waals surface area contributed by atoms with Crippen LogP contribution in [0.15, 0.2) is 24.5 Å². The number of nitrogens with zero attached hydrogens (tertiary/aromatic N) is 2. The smallest absolute Gasteiger partial charge is 0.0953 e. The van der Waals surface area contributed by atoms with Gasteiger partial charge in [-0.2, -0.15) is 0 Å². The van der Waals surface area contributed by atoms with Gasteiger partial charge in [0.15, 0.2) is 0 Å². The van der Waals surface area contributed by atoms with Gasteiger partial charge in [-0.15, -0.1) is 0 Å². The van der Waals surface area contributed by atoms with Gasteiger partial charge < -0.3 is 10.3 Å². The highest BCUT2D eigenvalue weighted by atomic mass is 15.0. The van der Waals surface area contributed by atoms with E-state index in [0.717, 1.165) is 11.4 Å².